The SMILES string of the molecule is O=S(=O)([O-])[O-].O=[As]([O-])(O)O.[Fe+2].[OH-].[Pb+2]. The van der Waals surface area contributed by atoms with Crippen LogP contribution in [0.2, 0.25) is 0 Å². The third kappa shape index (κ3) is 785. The van der Waals surface area contributed by atoms with E-state index in [0.717, 1.165) is 0 Å². The first kappa shape index (κ1) is 29.3. The molecule has 0 aliphatic rings. The largest absolute Gasteiger partial charge is 2.00 e. The van der Waals surface area contributed by atoms with Crippen LogP contribution in [-0.4, -0.2) is 73.0 Å². The molecule has 0 aromatic rings. The molecule has 80 valence electrons. The first-order chi connectivity index (χ1) is 4.00. The summed E-state index contributed by atoms with van der Waals surface area (Å²) in [5.41, 5.74) is 0. The first-order valence-corrected chi connectivity index (χ1v) is 5.98. The zero-order valence-electron chi connectivity index (χ0n) is 5.50. The molecule has 0 fully saturated rings. The van der Waals surface area contributed by atoms with Gasteiger partial charge in [0.05, 0.1) is 0 Å². The van der Waals surface area contributed by atoms with Gasteiger partial charge in [-0.25, -0.2) is 0 Å². The molecule has 2 radical (unpaired) electrons. The first-order valence-electron chi connectivity index (χ1n) is 1.43. The minimum Gasteiger partial charge on any atom is -0.870 e. The molecule has 0 atom stereocenters. The van der Waals surface area contributed by atoms with Crippen LogP contribution >= 0.6 is 0 Å². The summed E-state index contributed by atoms with van der Waals surface area (Å²) in [6, 6.07) is 0. The van der Waals surface area contributed by atoms with E-state index in [1.54, 1.807) is 0 Å². The second-order valence-electron chi connectivity index (χ2n) is 0.899. The summed E-state index contributed by atoms with van der Waals surface area (Å²) in [4.78, 5) is 0. The van der Waals surface area contributed by atoms with Crippen LogP contribution in [0.3, 0.4) is 0 Å². The van der Waals surface area contributed by atoms with Gasteiger partial charge in [0.2, 0.25) is 0 Å². The van der Waals surface area contributed by atoms with Crippen molar-refractivity contribution in [1.82, 2.24) is 0 Å². The monoisotopic (exact) mass is 518 g/mol. The molecule has 0 aliphatic heterocycles. The summed E-state index contributed by atoms with van der Waals surface area (Å²) in [6.45, 7) is 0. The van der Waals surface area contributed by atoms with E-state index in [0.29, 0.717) is 0 Å². The molecule has 0 aliphatic carbocycles. The summed E-state index contributed by atoms with van der Waals surface area (Å²) in [5.74, 6) is 0. The summed E-state index contributed by atoms with van der Waals surface area (Å²) in [7, 11) is -5.17. The Morgan fingerprint density at radius 1 is 1.15 bits per heavy atom. The molecule has 0 rings (SSSR count). The quantitative estimate of drug-likeness (QED) is 0.181. The molecule has 0 saturated heterocycles. The molecule has 0 saturated carbocycles. The Morgan fingerprint density at radius 2 is 1.15 bits per heavy atom. The summed E-state index contributed by atoms with van der Waals surface area (Å²) in [5, 5.41) is 0. The topological polar surface area (TPSA) is 191 Å². The Bertz CT molecular complexity index is 198. The maximum absolute atomic E-state index is 8.83. The molecule has 13 heavy (non-hydrogen) atoms. The van der Waals surface area contributed by atoms with E-state index < -0.39 is 24.9 Å². The van der Waals surface area contributed by atoms with Crippen LogP contribution in [-0.2, 0) is 31.2 Å². The molecule has 0 aromatic carbocycles. The number of hydrogen-bond donors (Lipinski definition) is 2. The van der Waals surface area contributed by atoms with E-state index in [-0.39, 0.29) is 49.8 Å². The molecule has 0 heterocycles. The minimum atomic E-state index is -5.38. The van der Waals surface area contributed by atoms with Crippen molar-refractivity contribution in [3.63, 3.8) is 0 Å². The molecular formula is H3AsFeO9PbS. The fourth-order valence-electron chi connectivity index (χ4n) is 0. The third-order valence-corrected chi connectivity index (χ3v) is 0. The Hall–Kier alpha value is 1.51. The fraction of sp³-hybridized carbons (Fsp3) is 0. The second-order valence-corrected chi connectivity index (χ2v) is 3.77. The molecule has 3 N–H and O–H groups in total. The molecule has 0 spiro atoms. The molecule has 13 heteroatoms. The van der Waals surface area contributed by atoms with Gasteiger partial charge in [0.1, 0.15) is 0 Å². The Labute approximate surface area is 107 Å². The van der Waals surface area contributed by atoms with Crippen molar-refractivity contribution in [2.24, 2.45) is 0 Å². The average Bonchev–Trinajstić information content (AvgIpc) is 1.12. The summed E-state index contributed by atoms with van der Waals surface area (Å²) < 4.78 is 66.0. The van der Waals surface area contributed by atoms with E-state index in [2.05, 4.69) is 0 Å². The third-order valence-electron chi connectivity index (χ3n) is 0. The normalized spacial score (nSPS) is 9.00. The van der Waals surface area contributed by atoms with Crippen molar-refractivity contribution in [3.05, 3.63) is 0 Å². The molecule has 0 bridgehead atoms. The zero-order valence-corrected chi connectivity index (χ0v) is 13.2. The number of rotatable bonds is 0. The van der Waals surface area contributed by atoms with Crippen LogP contribution in [0.4, 0.5) is 0 Å². The smallest absolute Gasteiger partial charge is 0.870 e. The summed E-state index contributed by atoms with van der Waals surface area (Å²) >= 11 is -5.38. The van der Waals surface area contributed by atoms with Crippen LogP contribution in [0.5, 0.6) is 0 Å². The van der Waals surface area contributed by atoms with Crippen LogP contribution in [0.25, 0.3) is 0 Å². The molecule has 0 aromatic heterocycles. The van der Waals surface area contributed by atoms with Gasteiger partial charge in [0.15, 0.2) is 0 Å². The van der Waals surface area contributed by atoms with E-state index in [1.165, 1.54) is 0 Å². The minimum absolute atomic E-state index is 0. The van der Waals surface area contributed by atoms with Crippen molar-refractivity contribution in [1.29, 1.82) is 0 Å². The van der Waals surface area contributed by atoms with Gasteiger partial charge >= 0.3 is 74.9 Å². The van der Waals surface area contributed by atoms with Crippen molar-refractivity contribution < 1.29 is 56.1 Å². The van der Waals surface area contributed by atoms with Gasteiger partial charge in [0.25, 0.3) is 0 Å². The van der Waals surface area contributed by atoms with Gasteiger partial charge in [0, 0.05) is 10.4 Å². The van der Waals surface area contributed by atoms with Crippen molar-refractivity contribution in [2.75, 3.05) is 0 Å². The average molecular weight is 517 g/mol. The van der Waals surface area contributed by atoms with E-state index in [1.807, 2.05) is 0 Å². The Morgan fingerprint density at radius 3 is 1.15 bits per heavy atom. The van der Waals surface area contributed by atoms with E-state index in [4.69, 9.17) is 33.5 Å². The molecule has 0 unspecified atom stereocenters. The molecule has 0 amide bonds. The van der Waals surface area contributed by atoms with Crippen LogP contribution in [0.15, 0.2) is 0 Å². The predicted octanol–water partition coefficient (Wildman–Crippen LogP) is -4.70. The van der Waals surface area contributed by atoms with Gasteiger partial charge in [-0.2, -0.15) is 0 Å². The Balaban J connectivity index is -0.0000000267. The Kier molecular flexibility index (Phi) is 26.1. The van der Waals surface area contributed by atoms with Gasteiger partial charge in [-0.15, -0.1) is 0 Å². The van der Waals surface area contributed by atoms with Gasteiger partial charge < -0.3 is 14.6 Å². The van der Waals surface area contributed by atoms with Crippen LogP contribution < -0.4 is 4.10 Å². The maximum Gasteiger partial charge on any atom is 2.00 e. The predicted molar refractivity (Wildman–Crippen MR) is 29.0 cm³/mol. The van der Waals surface area contributed by atoms with Gasteiger partial charge in [-0.3, -0.25) is 8.42 Å². The van der Waals surface area contributed by atoms with Crippen molar-refractivity contribution in [2.45, 2.75) is 0 Å². The van der Waals surface area contributed by atoms with Crippen molar-refractivity contribution in [3.8, 4) is 0 Å². The standard InChI is InChI=1S/AsH3O4.Fe.H2O4S.H2O.Pb/c2-1(3,4)5;;1-5(2,3)4;;/h(H3,2,3,4,5);;(H2,1,2,3,4);1H2;/q;+2;;;+2/p-4. The fourth-order valence-corrected chi connectivity index (χ4v) is 0. The zero-order chi connectivity index (χ0) is 9.00. The number of hydrogen-bond acceptors (Lipinski definition) is 7. The van der Waals surface area contributed by atoms with E-state index in [9.17, 15) is 0 Å². The van der Waals surface area contributed by atoms with E-state index >= 15 is 0 Å². The molecule has 9 nitrogen and oxygen atoms in total. The summed E-state index contributed by atoms with van der Waals surface area (Å²) in [6.07, 6.45) is 0. The maximum atomic E-state index is 8.83. The van der Waals surface area contributed by atoms with Gasteiger partial charge in [-0.1, -0.05) is 0 Å². The second kappa shape index (κ2) is 11.6. The van der Waals surface area contributed by atoms with Crippen molar-refractivity contribution >= 4 is 52.2 Å². The molecular weight excluding hydrogens is 514 g/mol. The van der Waals surface area contributed by atoms with Crippen LogP contribution in [0.1, 0.15) is 0 Å². The van der Waals surface area contributed by atoms with Gasteiger partial charge in [-0.05, 0) is 0 Å². The van der Waals surface area contributed by atoms with Crippen LogP contribution in [0, 0.1) is 0 Å².